The van der Waals surface area contributed by atoms with Crippen molar-refractivity contribution < 1.29 is 19.7 Å². The predicted molar refractivity (Wildman–Crippen MR) is 243 cm³/mol. The smallest absolute Gasteiger partial charge is 0.126 e. The summed E-state index contributed by atoms with van der Waals surface area (Å²) in [6, 6.07) is 18.2. The molecule has 0 radical (unpaired) electrons. The van der Waals surface area contributed by atoms with E-state index in [0.717, 1.165) is 81.7 Å². The van der Waals surface area contributed by atoms with Crippen LogP contribution in [-0.2, 0) is 47.3 Å². The molecule has 1 heterocycles. The molecule has 0 unspecified atom stereocenters. The molecule has 0 aromatic heterocycles. The summed E-state index contributed by atoms with van der Waals surface area (Å²) in [6.07, 6.45) is 11.3. The highest BCUT2D eigenvalue weighted by atomic mass is 16.5. The van der Waals surface area contributed by atoms with Crippen LogP contribution in [0.3, 0.4) is 0 Å². The van der Waals surface area contributed by atoms with E-state index in [0.29, 0.717) is 50.4 Å². The van der Waals surface area contributed by atoms with Crippen molar-refractivity contribution >= 4 is 0 Å². The van der Waals surface area contributed by atoms with Crippen LogP contribution in [0.25, 0.3) is 0 Å². The lowest BCUT2D eigenvalue weighted by Gasteiger charge is -2.28. The molecule has 1 aliphatic carbocycles. The summed E-state index contributed by atoms with van der Waals surface area (Å²) >= 11 is 0. The third-order valence-corrected chi connectivity index (χ3v) is 12.5. The number of fused-ring (bicyclic) bond motifs is 2. The van der Waals surface area contributed by atoms with Crippen LogP contribution in [-0.4, -0.2) is 23.4 Å². The van der Waals surface area contributed by atoms with Gasteiger partial charge in [0.1, 0.15) is 23.0 Å². The van der Waals surface area contributed by atoms with Crippen LogP contribution in [0.1, 0.15) is 201 Å². The van der Waals surface area contributed by atoms with Crippen molar-refractivity contribution in [3.8, 4) is 23.0 Å². The Bertz CT molecular complexity index is 1840. The summed E-state index contributed by atoms with van der Waals surface area (Å²) in [4.78, 5) is 0. The maximum Gasteiger partial charge on any atom is 0.126 e. The fourth-order valence-electron chi connectivity index (χ4n) is 8.63. The average Bonchev–Trinajstić information content (AvgIpc) is 3.10. The highest BCUT2D eigenvalue weighted by Crippen LogP contribution is 2.44. The van der Waals surface area contributed by atoms with Crippen molar-refractivity contribution in [1.29, 1.82) is 0 Å². The van der Waals surface area contributed by atoms with Crippen LogP contribution < -0.4 is 9.47 Å². The molecular formula is C54H74O4. The van der Waals surface area contributed by atoms with Gasteiger partial charge >= 0.3 is 0 Å². The Morgan fingerprint density at radius 1 is 0.328 bits per heavy atom. The van der Waals surface area contributed by atoms with E-state index in [1.54, 1.807) is 0 Å². The van der Waals surface area contributed by atoms with Gasteiger partial charge in [-0.05, 0) is 101 Å². The standard InChI is InChI=1S/C54H74O4/c1-51(2,3)43-27-35-23-39-31-45(53(7,8)9)33-41-25-37-29-44(52(4,5)6)30-38(48(37)56)26-42-34-46(54(10,11)12)32-40(24-36(28-43)47(35)55)50(42)58-22-20-18-16-14-13-15-17-19-21-57-49(39)41/h27-34,55-56H,13-26H2,1-12H3. The molecule has 4 nitrogen and oxygen atoms in total. The lowest BCUT2D eigenvalue weighted by atomic mass is 9.79. The van der Waals surface area contributed by atoms with Crippen molar-refractivity contribution in [1.82, 2.24) is 0 Å². The molecule has 0 fully saturated rings. The quantitative estimate of drug-likeness (QED) is 0.164. The molecule has 58 heavy (non-hydrogen) atoms. The van der Waals surface area contributed by atoms with Crippen molar-refractivity contribution in [2.45, 2.75) is 182 Å². The Balaban J connectivity index is 1.73. The Kier molecular flexibility index (Phi) is 12.8. The number of phenols is 2. The van der Waals surface area contributed by atoms with E-state index >= 15 is 0 Å². The highest BCUT2D eigenvalue weighted by Gasteiger charge is 2.28. The van der Waals surface area contributed by atoms with Gasteiger partial charge in [-0.3, -0.25) is 0 Å². The zero-order valence-electron chi connectivity index (χ0n) is 38.2. The largest absolute Gasteiger partial charge is 0.507 e. The number of phenolic OH excluding ortho intramolecular Hbond substituents is 2. The van der Waals surface area contributed by atoms with Gasteiger partial charge < -0.3 is 19.7 Å². The lowest BCUT2D eigenvalue weighted by Crippen LogP contribution is -2.17. The molecule has 0 saturated carbocycles. The third kappa shape index (κ3) is 10.3. The van der Waals surface area contributed by atoms with Crippen LogP contribution in [0.2, 0.25) is 0 Å². The Hall–Kier alpha value is -3.92. The van der Waals surface area contributed by atoms with Crippen LogP contribution >= 0.6 is 0 Å². The minimum absolute atomic E-state index is 0.128. The van der Waals surface area contributed by atoms with E-state index in [1.165, 1.54) is 47.9 Å². The summed E-state index contributed by atoms with van der Waals surface area (Å²) < 4.78 is 13.9. The second kappa shape index (κ2) is 17.0. The van der Waals surface area contributed by atoms with Crippen LogP contribution in [0, 0.1) is 0 Å². The number of hydrogen-bond donors (Lipinski definition) is 2. The molecule has 2 aliphatic rings. The predicted octanol–water partition coefficient (Wildman–Crippen LogP) is 13.9. The Morgan fingerprint density at radius 3 is 0.759 bits per heavy atom. The van der Waals surface area contributed by atoms with Gasteiger partial charge in [0.25, 0.3) is 0 Å². The van der Waals surface area contributed by atoms with Crippen molar-refractivity contribution in [2.24, 2.45) is 0 Å². The van der Waals surface area contributed by atoms with Gasteiger partial charge in [0, 0.05) is 25.7 Å². The van der Waals surface area contributed by atoms with Crippen molar-refractivity contribution in [2.75, 3.05) is 13.2 Å². The minimum Gasteiger partial charge on any atom is -0.507 e. The molecule has 0 spiro atoms. The maximum absolute atomic E-state index is 12.5. The number of aromatic hydroxyl groups is 2. The van der Waals surface area contributed by atoms with Crippen molar-refractivity contribution in [3.63, 3.8) is 0 Å². The van der Waals surface area contributed by atoms with E-state index < -0.39 is 0 Å². The van der Waals surface area contributed by atoms with Crippen LogP contribution in [0.15, 0.2) is 48.5 Å². The second-order valence-electron chi connectivity index (χ2n) is 21.8. The SMILES string of the molecule is CC(C)(C)c1cc2c(O)c(c1)Cc1cc(C(C)(C)C)cc3c1OCCCCCCCCCCOc1c(cc(C(C)(C)C)cc1Cc1cc(C(C)(C)C)cc(c1O)C3)C2. The summed E-state index contributed by atoms with van der Waals surface area (Å²) in [7, 11) is 0. The normalized spacial score (nSPS) is 16.4. The minimum atomic E-state index is -0.134. The molecule has 4 heteroatoms. The van der Waals surface area contributed by atoms with E-state index in [2.05, 4.69) is 132 Å². The Morgan fingerprint density at radius 2 is 0.534 bits per heavy atom. The number of benzene rings is 4. The summed E-state index contributed by atoms with van der Waals surface area (Å²) in [5, 5.41) is 25.0. The zero-order chi connectivity index (χ0) is 42.2. The molecule has 10 bridgehead atoms. The fourth-order valence-corrected chi connectivity index (χ4v) is 8.63. The third-order valence-electron chi connectivity index (χ3n) is 12.5. The molecule has 0 saturated heterocycles. The average molecular weight is 787 g/mol. The maximum atomic E-state index is 12.5. The number of ether oxygens (including phenoxy) is 2. The molecule has 4 aromatic carbocycles. The topological polar surface area (TPSA) is 58.9 Å². The number of rotatable bonds is 0. The lowest BCUT2D eigenvalue weighted by molar-refractivity contribution is 0.296. The van der Waals surface area contributed by atoms with Gasteiger partial charge in [-0.2, -0.15) is 0 Å². The van der Waals surface area contributed by atoms with Gasteiger partial charge in [0.2, 0.25) is 0 Å². The summed E-state index contributed by atoms with van der Waals surface area (Å²) in [6.45, 7) is 28.5. The summed E-state index contributed by atoms with van der Waals surface area (Å²) in [5.41, 5.74) is 12.3. The van der Waals surface area contributed by atoms with Crippen molar-refractivity contribution in [3.05, 3.63) is 115 Å². The number of hydrogen-bond acceptors (Lipinski definition) is 4. The summed E-state index contributed by atoms with van der Waals surface area (Å²) in [5.74, 6) is 2.49. The first-order valence-electron chi connectivity index (χ1n) is 22.4. The molecule has 4 aromatic rings. The van der Waals surface area contributed by atoms with Gasteiger partial charge in [0.05, 0.1) is 13.2 Å². The molecule has 0 amide bonds. The first-order valence-corrected chi connectivity index (χ1v) is 22.4. The van der Waals surface area contributed by atoms with Gasteiger partial charge in [0.15, 0.2) is 0 Å². The first kappa shape index (κ1) is 43.7. The van der Waals surface area contributed by atoms with Gasteiger partial charge in [-0.15, -0.1) is 0 Å². The first-order chi connectivity index (χ1) is 27.1. The van der Waals surface area contributed by atoms with E-state index in [-0.39, 0.29) is 21.7 Å². The molecule has 0 atom stereocenters. The van der Waals surface area contributed by atoms with Crippen LogP contribution in [0.4, 0.5) is 0 Å². The molecule has 314 valence electrons. The zero-order valence-corrected chi connectivity index (χ0v) is 38.2. The molecule has 1 aliphatic heterocycles. The Labute approximate surface area is 351 Å². The van der Waals surface area contributed by atoms with E-state index in [1.807, 2.05) is 0 Å². The molecular weight excluding hydrogens is 713 g/mol. The van der Waals surface area contributed by atoms with Gasteiger partial charge in [-0.1, -0.05) is 170 Å². The van der Waals surface area contributed by atoms with E-state index in [9.17, 15) is 10.2 Å². The highest BCUT2D eigenvalue weighted by molar-refractivity contribution is 5.59. The monoisotopic (exact) mass is 787 g/mol. The second-order valence-corrected chi connectivity index (χ2v) is 21.8. The van der Waals surface area contributed by atoms with Crippen LogP contribution in [0.5, 0.6) is 23.0 Å². The van der Waals surface area contributed by atoms with Gasteiger partial charge in [-0.25, -0.2) is 0 Å². The van der Waals surface area contributed by atoms with E-state index in [4.69, 9.17) is 9.47 Å². The molecule has 6 rings (SSSR count). The molecule has 2 N–H and O–H groups in total. The fraction of sp³-hybridized carbons (Fsp3) is 0.556.